The normalized spacial score (nSPS) is 10.6. The monoisotopic (exact) mass is 354 g/mol. The molecule has 0 atom stereocenters. The van der Waals surface area contributed by atoms with Crippen LogP contribution in [0.3, 0.4) is 0 Å². The maximum absolute atomic E-state index is 13.3. The van der Waals surface area contributed by atoms with Crippen LogP contribution < -0.4 is 10.1 Å². The molecule has 26 heavy (non-hydrogen) atoms. The van der Waals surface area contributed by atoms with E-state index in [0.29, 0.717) is 35.2 Å². The fourth-order valence-corrected chi connectivity index (χ4v) is 2.50. The maximum Gasteiger partial charge on any atom is 0.230 e. The van der Waals surface area contributed by atoms with Crippen molar-refractivity contribution in [3.05, 3.63) is 65.8 Å². The molecule has 3 aromatic rings. The highest BCUT2D eigenvalue weighted by Crippen LogP contribution is 2.23. The second-order valence-electron chi connectivity index (χ2n) is 5.71. The van der Waals surface area contributed by atoms with Gasteiger partial charge in [0.15, 0.2) is 0 Å². The molecule has 0 aliphatic heterocycles. The summed E-state index contributed by atoms with van der Waals surface area (Å²) in [4.78, 5) is 16.6. The smallest absolute Gasteiger partial charge is 0.230 e. The van der Waals surface area contributed by atoms with E-state index in [1.807, 2.05) is 6.92 Å². The lowest BCUT2D eigenvalue weighted by molar-refractivity contribution is -0.115. The van der Waals surface area contributed by atoms with Crippen LogP contribution in [-0.2, 0) is 11.2 Å². The summed E-state index contributed by atoms with van der Waals surface area (Å²) >= 11 is 0. The Morgan fingerprint density at radius 2 is 2.00 bits per heavy atom. The van der Waals surface area contributed by atoms with E-state index in [2.05, 4.69) is 10.3 Å². The molecule has 0 fully saturated rings. The van der Waals surface area contributed by atoms with Gasteiger partial charge >= 0.3 is 0 Å². The number of aromatic nitrogens is 1. The third-order valence-corrected chi connectivity index (χ3v) is 3.74. The molecule has 3 rings (SSSR count). The second-order valence-corrected chi connectivity index (χ2v) is 5.71. The Bertz CT molecular complexity index is 904. The minimum Gasteiger partial charge on any atom is -0.494 e. The number of halogens is 1. The first-order valence-electron chi connectivity index (χ1n) is 8.30. The van der Waals surface area contributed by atoms with Crippen molar-refractivity contribution < 1.29 is 18.3 Å². The summed E-state index contributed by atoms with van der Waals surface area (Å²) in [6.07, 6.45) is 0.0673. The molecule has 0 aliphatic rings. The van der Waals surface area contributed by atoms with Gasteiger partial charge in [-0.1, -0.05) is 6.07 Å². The first kappa shape index (κ1) is 17.7. The van der Waals surface area contributed by atoms with Gasteiger partial charge in [-0.25, -0.2) is 9.37 Å². The number of carbonyl (C=O) groups excluding carboxylic acids is 1. The van der Waals surface area contributed by atoms with E-state index in [0.717, 1.165) is 5.75 Å². The fraction of sp³-hybridized carbons (Fsp3) is 0.200. The highest BCUT2D eigenvalue weighted by Gasteiger charge is 2.15. The number of oxazole rings is 1. The van der Waals surface area contributed by atoms with Gasteiger partial charge in [0, 0.05) is 11.3 Å². The Labute approximate surface area is 150 Å². The summed E-state index contributed by atoms with van der Waals surface area (Å²) in [5.41, 5.74) is 1.73. The minimum atomic E-state index is -0.367. The van der Waals surface area contributed by atoms with Crippen molar-refractivity contribution in [3.8, 4) is 17.2 Å². The third-order valence-electron chi connectivity index (χ3n) is 3.74. The van der Waals surface area contributed by atoms with E-state index in [9.17, 15) is 9.18 Å². The van der Waals surface area contributed by atoms with Gasteiger partial charge in [-0.2, -0.15) is 0 Å². The van der Waals surface area contributed by atoms with E-state index in [1.54, 1.807) is 43.3 Å². The van der Waals surface area contributed by atoms with Crippen molar-refractivity contribution >= 4 is 11.6 Å². The van der Waals surface area contributed by atoms with Crippen molar-refractivity contribution in [3.63, 3.8) is 0 Å². The molecule has 2 aromatic carbocycles. The third kappa shape index (κ3) is 4.27. The molecule has 5 nitrogen and oxygen atoms in total. The summed E-state index contributed by atoms with van der Waals surface area (Å²) in [7, 11) is 0. The fourth-order valence-electron chi connectivity index (χ4n) is 2.50. The van der Waals surface area contributed by atoms with Gasteiger partial charge in [0.2, 0.25) is 11.8 Å². The van der Waals surface area contributed by atoms with Gasteiger partial charge in [0.25, 0.3) is 0 Å². The number of amides is 1. The van der Waals surface area contributed by atoms with E-state index >= 15 is 0 Å². The van der Waals surface area contributed by atoms with E-state index in [-0.39, 0.29) is 18.1 Å². The molecule has 0 radical (unpaired) electrons. The van der Waals surface area contributed by atoms with Crippen molar-refractivity contribution in [1.29, 1.82) is 0 Å². The number of nitrogens with one attached hydrogen (secondary N) is 1. The van der Waals surface area contributed by atoms with Crippen LogP contribution in [-0.4, -0.2) is 17.5 Å². The Balaban J connectivity index is 1.67. The topological polar surface area (TPSA) is 64.4 Å². The SMILES string of the molecule is CCOc1ccc(NC(=O)Cc2nc(-c3cccc(F)c3)oc2C)cc1. The summed E-state index contributed by atoms with van der Waals surface area (Å²) in [6.45, 7) is 4.23. The molecule has 0 bridgehead atoms. The number of anilines is 1. The Hall–Kier alpha value is -3.15. The zero-order chi connectivity index (χ0) is 18.5. The average Bonchev–Trinajstić information content (AvgIpc) is 2.97. The average molecular weight is 354 g/mol. The number of rotatable bonds is 6. The zero-order valence-corrected chi connectivity index (χ0v) is 14.6. The molecule has 0 aliphatic carbocycles. The van der Waals surface area contributed by atoms with Crippen LogP contribution in [0.4, 0.5) is 10.1 Å². The largest absolute Gasteiger partial charge is 0.494 e. The highest BCUT2D eigenvalue weighted by molar-refractivity contribution is 5.92. The Kier molecular flexibility index (Phi) is 5.31. The Morgan fingerprint density at radius 3 is 2.69 bits per heavy atom. The van der Waals surface area contributed by atoms with Crippen molar-refractivity contribution in [2.45, 2.75) is 20.3 Å². The lowest BCUT2D eigenvalue weighted by Crippen LogP contribution is -2.15. The van der Waals surface area contributed by atoms with E-state index in [1.165, 1.54) is 12.1 Å². The lowest BCUT2D eigenvalue weighted by Gasteiger charge is -2.06. The van der Waals surface area contributed by atoms with Gasteiger partial charge < -0.3 is 14.5 Å². The number of ether oxygens (including phenoxy) is 1. The van der Waals surface area contributed by atoms with Crippen LogP contribution >= 0.6 is 0 Å². The lowest BCUT2D eigenvalue weighted by atomic mass is 10.2. The number of benzene rings is 2. The number of aryl methyl sites for hydroxylation is 1. The summed E-state index contributed by atoms with van der Waals surface area (Å²) in [5.74, 6) is 0.999. The van der Waals surface area contributed by atoms with Crippen molar-refractivity contribution in [1.82, 2.24) is 4.98 Å². The van der Waals surface area contributed by atoms with Crippen LogP contribution in [0.15, 0.2) is 52.9 Å². The minimum absolute atomic E-state index is 0.0673. The Morgan fingerprint density at radius 1 is 1.23 bits per heavy atom. The summed E-state index contributed by atoms with van der Waals surface area (Å²) < 4.78 is 24.3. The van der Waals surface area contributed by atoms with Crippen LogP contribution in [0.25, 0.3) is 11.5 Å². The van der Waals surface area contributed by atoms with Gasteiger partial charge in [-0.3, -0.25) is 4.79 Å². The van der Waals surface area contributed by atoms with E-state index in [4.69, 9.17) is 9.15 Å². The van der Waals surface area contributed by atoms with Gasteiger partial charge in [-0.05, 0) is 56.3 Å². The predicted molar refractivity (Wildman–Crippen MR) is 96.6 cm³/mol. The molecule has 1 aromatic heterocycles. The van der Waals surface area contributed by atoms with E-state index < -0.39 is 0 Å². The second kappa shape index (κ2) is 7.82. The number of hydrogen-bond donors (Lipinski definition) is 1. The van der Waals surface area contributed by atoms with Gasteiger partial charge in [0.05, 0.1) is 18.7 Å². The molecule has 0 saturated heterocycles. The summed E-state index contributed by atoms with van der Waals surface area (Å²) in [5, 5.41) is 2.81. The first-order valence-corrected chi connectivity index (χ1v) is 8.30. The maximum atomic E-state index is 13.3. The van der Waals surface area contributed by atoms with Crippen LogP contribution in [0, 0.1) is 12.7 Å². The van der Waals surface area contributed by atoms with Crippen LogP contribution in [0.1, 0.15) is 18.4 Å². The number of carbonyl (C=O) groups is 1. The van der Waals surface area contributed by atoms with Crippen molar-refractivity contribution in [2.24, 2.45) is 0 Å². The van der Waals surface area contributed by atoms with Gasteiger partial charge in [0.1, 0.15) is 17.3 Å². The number of hydrogen-bond acceptors (Lipinski definition) is 4. The molecule has 1 N–H and O–H groups in total. The molecule has 134 valence electrons. The molecule has 0 spiro atoms. The first-order chi connectivity index (χ1) is 12.5. The molecule has 1 amide bonds. The van der Waals surface area contributed by atoms with Crippen LogP contribution in [0.5, 0.6) is 5.75 Å². The molecule has 1 heterocycles. The molecule has 6 heteroatoms. The van der Waals surface area contributed by atoms with Crippen molar-refractivity contribution in [2.75, 3.05) is 11.9 Å². The predicted octanol–water partition coefficient (Wildman–Crippen LogP) is 4.37. The van der Waals surface area contributed by atoms with Gasteiger partial charge in [-0.15, -0.1) is 0 Å². The quantitative estimate of drug-likeness (QED) is 0.714. The molecule has 0 unspecified atom stereocenters. The highest BCUT2D eigenvalue weighted by atomic mass is 19.1. The molecular weight excluding hydrogens is 335 g/mol. The number of nitrogens with zero attached hydrogens (tertiary/aromatic N) is 1. The van der Waals surface area contributed by atoms with Crippen LogP contribution in [0.2, 0.25) is 0 Å². The summed E-state index contributed by atoms with van der Waals surface area (Å²) in [6, 6.07) is 13.1. The standard InChI is InChI=1S/C20H19FN2O3/c1-3-25-17-9-7-16(8-10-17)22-19(24)12-18-13(2)26-20(23-18)14-5-4-6-15(21)11-14/h4-11H,3,12H2,1-2H3,(H,22,24). The molecular formula is C20H19FN2O3. The molecule has 0 saturated carbocycles. The zero-order valence-electron chi connectivity index (χ0n) is 14.6.